The lowest BCUT2D eigenvalue weighted by molar-refractivity contribution is -0.138. The molecular formula is C13H12F3NO2. The smallest absolute Gasteiger partial charge is 0.362 e. The van der Waals surface area contributed by atoms with Gasteiger partial charge >= 0.3 is 6.18 Å². The molecule has 1 spiro atoms. The largest absolute Gasteiger partial charge is 0.416 e. The maximum absolute atomic E-state index is 12.7. The maximum atomic E-state index is 12.7. The molecule has 0 aromatic heterocycles. The van der Waals surface area contributed by atoms with E-state index in [1.807, 2.05) is 0 Å². The summed E-state index contributed by atoms with van der Waals surface area (Å²) in [5.41, 5.74) is 0.505. The van der Waals surface area contributed by atoms with E-state index in [0.29, 0.717) is 24.5 Å². The van der Waals surface area contributed by atoms with Gasteiger partial charge in [0, 0.05) is 18.3 Å². The summed E-state index contributed by atoms with van der Waals surface area (Å²) in [6.07, 6.45) is -0.743. The van der Waals surface area contributed by atoms with E-state index in [4.69, 9.17) is 9.47 Å². The second-order valence-electron chi connectivity index (χ2n) is 4.53. The van der Waals surface area contributed by atoms with Crippen LogP contribution in [-0.2, 0) is 22.1 Å². The van der Waals surface area contributed by atoms with Gasteiger partial charge in [-0.05, 0) is 29.8 Å². The van der Waals surface area contributed by atoms with Crippen LogP contribution in [0.25, 0.3) is 0 Å². The summed E-state index contributed by atoms with van der Waals surface area (Å²) in [5, 5.41) is 2.95. The first-order valence-electron chi connectivity index (χ1n) is 5.91. The van der Waals surface area contributed by atoms with Crippen LogP contribution < -0.4 is 5.32 Å². The number of anilines is 1. The van der Waals surface area contributed by atoms with Crippen LogP contribution in [0, 0.1) is 0 Å². The van der Waals surface area contributed by atoms with Gasteiger partial charge in [-0.3, -0.25) is 0 Å². The lowest BCUT2D eigenvalue weighted by Gasteiger charge is -2.23. The Hall–Kier alpha value is -1.53. The molecule has 102 valence electrons. The molecule has 0 radical (unpaired) electrons. The molecule has 2 heterocycles. The van der Waals surface area contributed by atoms with Gasteiger partial charge in [-0.2, -0.15) is 13.2 Å². The van der Waals surface area contributed by atoms with Crippen LogP contribution in [-0.4, -0.2) is 19.0 Å². The van der Waals surface area contributed by atoms with Crippen molar-refractivity contribution < 1.29 is 22.6 Å². The third kappa shape index (κ3) is 2.33. The van der Waals surface area contributed by atoms with Gasteiger partial charge in [0.05, 0.1) is 18.8 Å². The van der Waals surface area contributed by atoms with E-state index < -0.39 is 17.5 Å². The second-order valence-corrected chi connectivity index (χ2v) is 4.53. The Kier molecular flexibility index (Phi) is 2.79. The molecule has 0 saturated carbocycles. The Morgan fingerprint density at radius 3 is 2.58 bits per heavy atom. The van der Waals surface area contributed by atoms with E-state index >= 15 is 0 Å². The number of hydrogen-bond acceptors (Lipinski definition) is 3. The van der Waals surface area contributed by atoms with Crippen molar-refractivity contribution in [2.75, 3.05) is 18.5 Å². The van der Waals surface area contributed by atoms with Crippen molar-refractivity contribution in [2.45, 2.75) is 18.4 Å². The minimum absolute atomic E-state index is 0.260. The first-order chi connectivity index (χ1) is 8.99. The SMILES string of the molecule is FC(F)(F)c1ccc2c(c1)CC1(C=CN2)OCCO1. The predicted octanol–water partition coefficient (Wildman–Crippen LogP) is 2.93. The molecule has 1 saturated heterocycles. The molecule has 0 atom stereocenters. The highest BCUT2D eigenvalue weighted by Gasteiger charge is 2.37. The minimum atomic E-state index is -4.35. The number of benzene rings is 1. The Balaban J connectivity index is 1.99. The van der Waals surface area contributed by atoms with Gasteiger partial charge in [0.2, 0.25) is 0 Å². The van der Waals surface area contributed by atoms with Crippen molar-refractivity contribution in [1.82, 2.24) is 0 Å². The first kappa shape index (κ1) is 12.5. The molecule has 1 N–H and O–H groups in total. The fourth-order valence-electron chi connectivity index (χ4n) is 2.31. The molecule has 2 aliphatic heterocycles. The van der Waals surface area contributed by atoms with Gasteiger partial charge in [0.1, 0.15) is 0 Å². The summed E-state index contributed by atoms with van der Waals surface area (Å²) in [6, 6.07) is 3.63. The van der Waals surface area contributed by atoms with Crippen LogP contribution >= 0.6 is 0 Å². The van der Waals surface area contributed by atoms with Gasteiger partial charge in [0.15, 0.2) is 5.79 Å². The van der Waals surface area contributed by atoms with E-state index in [1.165, 1.54) is 6.07 Å². The molecule has 1 aromatic rings. The number of ether oxygens (including phenoxy) is 2. The number of halogens is 3. The molecule has 0 bridgehead atoms. The quantitative estimate of drug-likeness (QED) is 0.787. The molecule has 3 rings (SSSR count). The molecule has 19 heavy (non-hydrogen) atoms. The number of rotatable bonds is 0. The lowest BCUT2D eigenvalue weighted by atomic mass is 10.0. The minimum Gasteiger partial charge on any atom is -0.362 e. The standard InChI is InChI=1S/C13H12F3NO2/c14-13(15,16)10-1-2-11-9(7-10)8-12(3-4-17-11)18-5-6-19-12/h1-4,7,17H,5-6,8H2. The van der Waals surface area contributed by atoms with E-state index in [0.717, 1.165) is 12.1 Å². The van der Waals surface area contributed by atoms with Gasteiger partial charge < -0.3 is 14.8 Å². The van der Waals surface area contributed by atoms with Crippen molar-refractivity contribution in [3.05, 3.63) is 41.6 Å². The third-order valence-electron chi connectivity index (χ3n) is 3.22. The van der Waals surface area contributed by atoms with Crippen LogP contribution in [0.1, 0.15) is 11.1 Å². The maximum Gasteiger partial charge on any atom is 0.416 e. The van der Waals surface area contributed by atoms with Crippen molar-refractivity contribution in [1.29, 1.82) is 0 Å². The van der Waals surface area contributed by atoms with E-state index in [2.05, 4.69) is 5.32 Å². The molecule has 0 aliphatic carbocycles. The summed E-state index contributed by atoms with van der Waals surface area (Å²) >= 11 is 0. The highest BCUT2D eigenvalue weighted by Crippen LogP contribution is 2.36. The van der Waals surface area contributed by atoms with E-state index in [-0.39, 0.29) is 6.42 Å². The zero-order valence-corrected chi connectivity index (χ0v) is 9.96. The summed E-state index contributed by atoms with van der Waals surface area (Å²) < 4.78 is 49.2. The molecule has 6 heteroatoms. The summed E-state index contributed by atoms with van der Waals surface area (Å²) in [6.45, 7) is 0.886. The fourth-order valence-corrected chi connectivity index (χ4v) is 2.31. The van der Waals surface area contributed by atoms with Gasteiger partial charge in [-0.25, -0.2) is 0 Å². The van der Waals surface area contributed by atoms with E-state index in [1.54, 1.807) is 12.3 Å². The number of hydrogen-bond donors (Lipinski definition) is 1. The highest BCUT2D eigenvalue weighted by atomic mass is 19.4. The normalized spacial score (nSPS) is 21.0. The monoisotopic (exact) mass is 271 g/mol. The molecule has 1 aromatic carbocycles. The Morgan fingerprint density at radius 1 is 1.16 bits per heavy atom. The predicted molar refractivity (Wildman–Crippen MR) is 62.5 cm³/mol. The van der Waals surface area contributed by atoms with Crippen molar-refractivity contribution >= 4 is 5.69 Å². The number of nitrogens with one attached hydrogen (secondary N) is 1. The topological polar surface area (TPSA) is 30.5 Å². The molecule has 0 amide bonds. The number of alkyl halides is 3. The average Bonchev–Trinajstić information content (AvgIpc) is 2.70. The zero-order chi connectivity index (χ0) is 13.5. The van der Waals surface area contributed by atoms with Crippen LogP contribution in [0.3, 0.4) is 0 Å². The molecule has 3 nitrogen and oxygen atoms in total. The molecule has 2 aliphatic rings. The van der Waals surface area contributed by atoms with Crippen LogP contribution in [0.2, 0.25) is 0 Å². The summed E-state index contributed by atoms with van der Waals surface area (Å²) in [4.78, 5) is 0. The molecule has 1 fully saturated rings. The molecule has 0 unspecified atom stereocenters. The van der Waals surface area contributed by atoms with E-state index in [9.17, 15) is 13.2 Å². The van der Waals surface area contributed by atoms with Gasteiger partial charge in [0.25, 0.3) is 0 Å². The lowest BCUT2D eigenvalue weighted by Crippen LogP contribution is -2.29. The Morgan fingerprint density at radius 2 is 1.89 bits per heavy atom. The summed E-state index contributed by atoms with van der Waals surface area (Å²) in [7, 11) is 0. The summed E-state index contributed by atoms with van der Waals surface area (Å²) in [5.74, 6) is -0.942. The first-order valence-corrected chi connectivity index (χ1v) is 5.91. The van der Waals surface area contributed by atoms with Crippen LogP contribution in [0.5, 0.6) is 0 Å². The third-order valence-corrected chi connectivity index (χ3v) is 3.22. The Labute approximate surface area is 108 Å². The highest BCUT2D eigenvalue weighted by molar-refractivity contribution is 5.56. The van der Waals surface area contributed by atoms with Crippen molar-refractivity contribution in [2.24, 2.45) is 0 Å². The zero-order valence-electron chi connectivity index (χ0n) is 9.96. The fraction of sp³-hybridized carbons (Fsp3) is 0.385. The average molecular weight is 271 g/mol. The number of fused-ring (bicyclic) bond motifs is 1. The van der Waals surface area contributed by atoms with Gasteiger partial charge in [-0.15, -0.1) is 0 Å². The van der Waals surface area contributed by atoms with Crippen molar-refractivity contribution in [3.63, 3.8) is 0 Å². The molecular weight excluding hydrogens is 259 g/mol. The Bertz CT molecular complexity index is 519. The van der Waals surface area contributed by atoms with Crippen molar-refractivity contribution in [3.8, 4) is 0 Å². The van der Waals surface area contributed by atoms with Crippen LogP contribution in [0.4, 0.5) is 18.9 Å². The van der Waals surface area contributed by atoms with Gasteiger partial charge in [-0.1, -0.05) is 0 Å². The van der Waals surface area contributed by atoms with Crippen LogP contribution in [0.15, 0.2) is 30.5 Å². The second kappa shape index (κ2) is 4.25.